The number of benzene rings is 2. The van der Waals surface area contributed by atoms with Gasteiger partial charge in [-0.15, -0.1) is 0 Å². The molecular weight excluding hydrogens is 382 g/mol. The van der Waals surface area contributed by atoms with Gasteiger partial charge in [0.25, 0.3) is 5.91 Å². The maximum absolute atomic E-state index is 12.6. The fourth-order valence-corrected chi connectivity index (χ4v) is 2.73. The van der Waals surface area contributed by atoms with Gasteiger partial charge in [-0.25, -0.2) is 4.79 Å². The Labute approximate surface area is 169 Å². The summed E-state index contributed by atoms with van der Waals surface area (Å²) in [5.41, 5.74) is 2.55. The van der Waals surface area contributed by atoms with Crippen molar-refractivity contribution in [1.82, 2.24) is 0 Å². The van der Waals surface area contributed by atoms with Crippen molar-refractivity contribution in [3.63, 3.8) is 0 Å². The Morgan fingerprint density at radius 1 is 1.18 bits per heavy atom. The summed E-state index contributed by atoms with van der Waals surface area (Å²) in [5.74, 6) is -0.0373. The van der Waals surface area contributed by atoms with Crippen molar-refractivity contribution in [2.45, 2.75) is 33.8 Å². The van der Waals surface area contributed by atoms with Gasteiger partial charge in [0.15, 0.2) is 6.10 Å². The quantitative estimate of drug-likeness (QED) is 0.684. The smallest absolute Gasteiger partial charge is 0.341 e. The van der Waals surface area contributed by atoms with Crippen LogP contribution in [0.4, 0.5) is 5.69 Å². The molecule has 0 saturated carbocycles. The molecule has 2 rings (SSSR count). The lowest BCUT2D eigenvalue weighted by Gasteiger charge is -2.18. The van der Waals surface area contributed by atoms with Gasteiger partial charge in [-0.1, -0.05) is 23.7 Å². The fourth-order valence-electron chi connectivity index (χ4n) is 2.52. The SMILES string of the molecule is CCOC(=O)c1cc(Cl)c(NC(=O)C(C)Oc2cccc(C)c2C)cc1OC. The van der Waals surface area contributed by atoms with Gasteiger partial charge >= 0.3 is 5.97 Å². The highest BCUT2D eigenvalue weighted by Crippen LogP contribution is 2.32. The first-order chi connectivity index (χ1) is 13.3. The highest BCUT2D eigenvalue weighted by atomic mass is 35.5. The number of hydrogen-bond acceptors (Lipinski definition) is 5. The summed E-state index contributed by atoms with van der Waals surface area (Å²) in [6.45, 7) is 7.49. The minimum absolute atomic E-state index is 0.187. The molecule has 28 heavy (non-hydrogen) atoms. The van der Waals surface area contributed by atoms with Gasteiger partial charge in [-0.05, 0) is 51.0 Å². The summed E-state index contributed by atoms with van der Waals surface area (Å²) < 4.78 is 16.0. The minimum atomic E-state index is -0.757. The van der Waals surface area contributed by atoms with Crippen LogP contribution in [0.3, 0.4) is 0 Å². The van der Waals surface area contributed by atoms with E-state index in [9.17, 15) is 9.59 Å². The van der Waals surface area contributed by atoms with Crippen molar-refractivity contribution in [2.75, 3.05) is 19.0 Å². The number of hydrogen-bond donors (Lipinski definition) is 1. The van der Waals surface area contributed by atoms with E-state index in [-0.39, 0.29) is 28.8 Å². The van der Waals surface area contributed by atoms with Crippen LogP contribution in [0.25, 0.3) is 0 Å². The average molecular weight is 406 g/mol. The first kappa shape index (κ1) is 21.6. The van der Waals surface area contributed by atoms with E-state index in [1.807, 2.05) is 32.0 Å². The number of rotatable bonds is 7. The van der Waals surface area contributed by atoms with Gasteiger partial charge in [-0.2, -0.15) is 0 Å². The normalized spacial score (nSPS) is 11.5. The molecule has 1 unspecified atom stereocenters. The van der Waals surface area contributed by atoms with Crippen molar-refractivity contribution >= 4 is 29.2 Å². The number of methoxy groups -OCH3 is 1. The first-order valence-corrected chi connectivity index (χ1v) is 9.24. The lowest BCUT2D eigenvalue weighted by molar-refractivity contribution is -0.122. The van der Waals surface area contributed by atoms with Crippen molar-refractivity contribution in [3.05, 3.63) is 52.0 Å². The van der Waals surface area contributed by atoms with E-state index in [1.165, 1.54) is 19.2 Å². The minimum Gasteiger partial charge on any atom is -0.496 e. The van der Waals surface area contributed by atoms with E-state index in [1.54, 1.807) is 13.8 Å². The second-order valence-electron chi connectivity index (χ2n) is 6.20. The van der Waals surface area contributed by atoms with Crippen molar-refractivity contribution < 1.29 is 23.8 Å². The molecule has 2 aromatic carbocycles. The zero-order valence-corrected chi connectivity index (χ0v) is 17.3. The van der Waals surface area contributed by atoms with E-state index < -0.39 is 12.1 Å². The van der Waals surface area contributed by atoms with Crippen molar-refractivity contribution in [2.24, 2.45) is 0 Å². The molecule has 0 radical (unpaired) electrons. The summed E-state index contributed by atoms with van der Waals surface area (Å²) >= 11 is 6.24. The van der Waals surface area contributed by atoms with Crippen LogP contribution in [-0.4, -0.2) is 31.7 Å². The molecule has 0 aliphatic rings. The Morgan fingerprint density at radius 3 is 2.54 bits per heavy atom. The standard InChI is InChI=1S/C21H24ClNO5/c1-6-27-21(25)15-10-16(22)17(11-19(15)26-5)23-20(24)14(4)28-18-9-7-8-12(2)13(18)3/h7-11,14H,6H2,1-5H3,(H,23,24). The topological polar surface area (TPSA) is 73.9 Å². The van der Waals surface area contributed by atoms with Gasteiger partial charge in [0.1, 0.15) is 17.1 Å². The van der Waals surface area contributed by atoms with E-state index in [2.05, 4.69) is 5.32 Å². The summed E-state index contributed by atoms with van der Waals surface area (Å²) in [4.78, 5) is 24.6. The van der Waals surface area contributed by atoms with Gasteiger partial charge in [0.2, 0.25) is 0 Å². The van der Waals surface area contributed by atoms with Gasteiger partial charge < -0.3 is 19.5 Å². The zero-order valence-electron chi connectivity index (χ0n) is 16.6. The van der Waals surface area contributed by atoms with E-state index in [0.29, 0.717) is 11.4 Å². The van der Waals surface area contributed by atoms with Crippen LogP contribution >= 0.6 is 11.6 Å². The van der Waals surface area contributed by atoms with Crippen LogP contribution in [0.15, 0.2) is 30.3 Å². The number of carbonyl (C=O) groups is 2. The van der Waals surface area contributed by atoms with Crippen molar-refractivity contribution in [1.29, 1.82) is 0 Å². The Balaban J connectivity index is 2.18. The van der Waals surface area contributed by atoms with Crippen LogP contribution < -0.4 is 14.8 Å². The number of halogens is 1. The Hall–Kier alpha value is -2.73. The molecule has 7 heteroatoms. The molecule has 0 aromatic heterocycles. The molecule has 2 aromatic rings. The Morgan fingerprint density at radius 2 is 1.89 bits per heavy atom. The third-order valence-corrected chi connectivity index (χ3v) is 4.58. The molecule has 6 nitrogen and oxygen atoms in total. The molecule has 150 valence electrons. The Bertz CT molecular complexity index is 881. The summed E-state index contributed by atoms with van der Waals surface area (Å²) in [7, 11) is 1.42. The highest BCUT2D eigenvalue weighted by molar-refractivity contribution is 6.34. The number of esters is 1. The first-order valence-electron chi connectivity index (χ1n) is 8.86. The van der Waals surface area contributed by atoms with Crippen LogP contribution in [0.2, 0.25) is 5.02 Å². The number of nitrogens with one attached hydrogen (secondary N) is 1. The van der Waals surface area contributed by atoms with Crippen LogP contribution in [0.5, 0.6) is 11.5 Å². The monoisotopic (exact) mass is 405 g/mol. The predicted molar refractivity (Wildman–Crippen MR) is 109 cm³/mol. The average Bonchev–Trinajstić information content (AvgIpc) is 2.66. The summed E-state index contributed by atoms with van der Waals surface area (Å²) in [6.07, 6.45) is -0.757. The summed E-state index contributed by atoms with van der Waals surface area (Å²) in [6, 6.07) is 8.56. The molecule has 1 amide bonds. The molecule has 1 N–H and O–H groups in total. The van der Waals surface area contributed by atoms with Gasteiger partial charge in [-0.3, -0.25) is 4.79 Å². The third kappa shape index (κ3) is 4.95. The lowest BCUT2D eigenvalue weighted by Crippen LogP contribution is -2.30. The molecule has 0 fully saturated rings. The molecule has 0 heterocycles. The van der Waals surface area contributed by atoms with E-state index in [0.717, 1.165) is 11.1 Å². The molecule has 1 atom stereocenters. The Kier molecular flexibility index (Phi) is 7.29. The molecule has 0 spiro atoms. The lowest BCUT2D eigenvalue weighted by atomic mass is 10.1. The zero-order chi connectivity index (χ0) is 20.8. The highest BCUT2D eigenvalue weighted by Gasteiger charge is 2.21. The van der Waals surface area contributed by atoms with E-state index in [4.69, 9.17) is 25.8 Å². The van der Waals surface area contributed by atoms with Gasteiger partial charge in [0, 0.05) is 6.07 Å². The summed E-state index contributed by atoms with van der Waals surface area (Å²) in [5, 5.41) is 2.90. The van der Waals surface area contributed by atoms with Crippen LogP contribution in [-0.2, 0) is 9.53 Å². The van der Waals surface area contributed by atoms with Crippen LogP contribution in [0, 0.1) is 13.8 Å². The number of anilines is 1. The van der Waals surface area contributed by atoms with Crippen molar-refractivity contribution in [3.8, 4) is 11.5 Å². The van der Waals surface area contributed by atoms with Gasteiger partial charge in [0.05, 0.1) is 24.4 Å². The molecular formula is C21H24ClNO5. The second kappa shape index (κ2) is 9.46. The number of amides is 1. The van der Waals surface area contributed by atoms with Crippen LogP contribution in [0.1, 0.15) is 35.3 Å². The number of aryl methyl sites for hydroxylation is 1. The maximum Gasteiger partial charge on any atom is 0.341 e. The fraction of sp³-hybridized carbons (Fsp3) is 0.333. The molecule has 0 aliphatic carbocycles. The largest absolute Gasteiger partial charge is 0.496 e. The number of ether oxygens (including phenoxy) is 3. The second-order valence-corrected chi connectivity index (χ2v) is 6.61. The predicted octanol–water partition coefficient (Wildman–Crippen LogP) is 4.55. The third-order valence-electron chi connectivity index (χ3n) is 4.27. The van der Waals surface area contributed by atoms with E-state index >= 15 is 0 Å². The maximum atomic E-state index is 12.6. The molecule has 0 bridgehead atoms. The number of carbonyl (C=O) groups excluding carboxylic acids is 2. The molecule has 0 aliphatic heterocycles. The molecule has 0 saturated heterocycles.